The van der Waals surface area contributed by atoms with Crippen LogP contribution in [-0.4, -0.2) is 44.7 Å². The molecule has 0 spiro atoms. The Hall–Kier alpha value is -1.75. The van der Waals surface area contributed by atoms with E-state index in [1.54, 1.807) is 32.4 Å². The summed E-state index contributed by atoms with van der Waals surface area (Å²) < 4.78 is 10.5. The number of hydrogen-bond acceptors (Lipinski definition) is 4. The molecule has 1 rings (SSSR count). The number of carbonyl (C=O) groups is 1. The molecule has 0 radical (unpaired) electrons. The normalized spacial score (nSPS) is 11.2. The standard InChI is InChI=1S/C18H30N2O3/c1-13(2)10-20(11-14(3)4)12-18(21)19-16-8-7-15(22-5)9-17(16)23-6/h7-9,13-14H,10-12H2,1-6H3,(H,19,21). The van der Waals surface area contributed by atoms with Gasteiger partial charge in [0.2, 0.25) is 5.91 Å². The minimum atomic E-state index is -0.0326. The molecule has 0 aliphatic heterocycles. The molecule has 5 heteroatoms. The highest BCUT2D eigenvalue weighted by Crippen LogP contribution is 2.28. The number of nitrogens with one attached hydrogen (secondary N) is 1. The number of amides is 1. The second-order valence-corrected chi connectivity index (χ2v) is 6.60. The molecule has 1 aromatic carbocycles. The summed E-state index contributed by atoms with van der Waals surface area (Å²) in [5, 5.41) is 2.93. The Labute approximate surface area is 140 Å². The van der Waals surface area contributed by atoms with Crippen LogP contribution in [0.4, 0.5) is 5.69 Å². The van der Waals surface area contributed by atoms with Crippen LogP contribution in [-0.2, 0) is 4.79 Å². The van der Waals surface area contributed by atoms with E-state index in [0.717, 1.165) is 13.1 Å². The van der Waals surface area contributed by atoms with Crippen LogP contribution in [0.1, 0.15) is 27.7 Å². The van der Waals surface area contributed by atoms with E-state index in [1.807, 2.05) is 0 Å². The topological polar surface area (TPSA) is 50.8 Å². The van der Waals surface area contributed by atoms with Crippen molar-refractivity contribution >= 4 is 11.6 Å². The summed E-state index contributed by atoms with van der Waals surface area (Å²) in [6.45, 7) is 10.9. The SMILES string of the molecule is COc1ccc(NC(=O)CN(CC(C)C)CC(C)C)c(OC)c1. The van der Waals surface area contributed by atoms with Gasteiger partial charge in [-0.05, 0) is 24.0 Å². The number of rotatable bonds is 9. The molecular formula is C18H30N2O3. The molecule has 0 unspecified atom stereocenters. The third kappa shape index (κ3) is 6.91. The van der Waals surface area contributed by atoms with Crippen LogP contribution in [0.15, 0.2) is 18.2 Å². The number of anilines is 1. The van der Waals surface area contributed by atoms with Crippen molar-refractivity contribution in [2.24, 2.45) is 11.8 Å². The molecule has 0 heterocycles. The summed E-state index contributed by atoms with van der Waals surface area (Å²) in [6.07, 6.45) is 0. The smallest absolute Gasteiger partial charge is 0.238 e. The Balaban J connectivity index is 2.73. The summed E-state index contributed by atoms with van der Waals surface area (Å²) in [6, 6.07) is 5.36. The van der Waals surface area contributed by atoms with Crippen LogP contribution in [0, 0.1) is 11.8 Å². The lowest BCUT2D eigenvalue weighted by Crippen LogP contribution is -2.38. The molecule has 1 N–H and O–H groups in total. The molecular weight excluding hydrogens is 292 g/mol. The van der Waals surface area contributed by atoms with Crippen LogP contribution < -0.4 is 14.8 Å². The van der Waals surface area contributed by atoms with E-state index in [4.69, 9.17) is 9.47 Å². The number of hydrogen-bond donors (Lipinski definition) is 1. The molecule has 0 bridgehead atoms. The zero-order valence-corrected chi connectivity index (χ0v) is 15.2. The second kappa shape index (κ2) is 9.40. The molecule has 1 amide bonds. The average Bonchev–Trinajstić information content (AvgIpc) is 2.46. The third-order valence-electron chi connectivity index (χ3n) is 3.30. The highest BCUT2D eigenvalue weighted by Gasteiger charge is 2.15. The van der Waals surface area contributed by atoms with E-state index in [2.05, 4.69) is 37.9 Å². The highest BCUT2D eigenvalue weighted by molar-refractivity contribution is 5.93. The van der Waals surface area contributed by atoms with E-state index in [0.29, 0.717) is 35.6 Å². The fourth-order valence-corrected chi connectivity index (χ4v) is 2.53. The average molecular weight is 322 g/mol. The van der Waals surface area contributed by atoms with E-state index in [1.165, 1.54) is 0 Å². The van der Waals surface area contributed by atoms with Gasteiger partial charge in [-0.2, -0.15) is 0 Å². The van der Waals surface area contributed by atoms with Gasteiger partial charge in [0.15, 0.2) is 0 Å². The number of carbonyl (C=O) groups excluding carboxylic acids is 1. The molecule has 130 valence electrons. The lowest BCUT2D eigenvalue weighted by Gasteiger charge is -2.25. The first-order valence-corrected chi connectivity index (χ1v) is 8.10. The summed E-state index contributed by atoms with van der Waals surface area (Å²) in [5.74, 6) is 2.31. The number of methoxy groups -OCH3 is 2. The fourth-order valence-electron chi connectivity index (χ4n) is 2.53. The van der Waals surface area contributed by atoms with E-state index in [9.17, 15) is 4.79 Å². The predicted octanol–water partition coefficient (Wildman–Crippen LogP) is 3.26. The summed E-state index contributed by atoms with van der Waals surface area (Å²) in [5.41, 5.74) is 0.660. The lowest BCUT2D eigenvalue weighted by atomic mass is 10.1. The van der Waals surface area contributed by atoms with Gasteiger partial charge in [0.25, 0.3) is 0 Å². The van der Waals surface area contributed by atoms with Crippen molar-refractivity contribution in [2.75, 3.05) is 39.2 Å². The molecule has 0 fully saturated rings. The van der Waals surface area contributed by atoms with Gasteiger partial charge in [0, 0.05) is 19.2 Å². The monoisotopic (exact) mass is 322 g/mol. The molecule has 0 saturated heterocycles. The summed E-state index contributed by atoms with van der Waals surface area (Å²) in [7, 11) is 3.18. The molecule has 1 aromatic rings. The molecule has 23 heavy (non-hydrogen) atoms. The van der Waals surface area contributed by atoms with Gasteiger partial charge >= 0.3 is 0 Å². The minimum Gasteiger partial charge on any atom is -0.497 e. The fraction of sp³-hybridized carbons (Fsp3) is 0.611. The Morgan fingerprint density at radius 2 is 1.70 bits per heavy atom. The molecule has 0 aliphatic carbocycles. The zero-order chi connectivity index (χ0) is 17.4. The van der Waals surface area contributed by atoms with Gasteiger partial charge in [-0.1, -0.05) is 27.7 Å². The van der Waals surface area contributed by atoms with Crippen molar-refractivity contribution < 1.29 is 14.3 Å². The number of nitrogens with zero attached hydrogens (tertiary/aromatic N) is 1. The Morgan fingerprint density at radius 3 is 2.17 bits per heavy atom. The second-order valence-electron chi connectivity index (χ2n) is 6.60. The Morgan fingerprint density at radius 1 is 1.09 bits per heavy atom. The van der Waals surface area contributed by atoms with Crippen molar-refractivity contribution in [3.63, 3.8) is 0 Å². The van der Waals surface area contributed by atoms with Crippen LogP contribution in [0.2, 0.25) is 0 Å². The zero-order valence-electron chi connectivity index (χ0n) is 15.2. The Kier molecular flexibility index (Phi) is 7.89. The first kappa shape index (κ1) is 19.3. The van der Waals surface area contributed by atoms with Crippen molar-refractivity contribution in [3.05, 3.63) is 18.2 Å². The third-order valence-corrected chi connectivity index (χ3v) is 3.30. The van der Waals surface area contributed by atoms with Gasteiger partial charge in [-0.15, -0.1) is 0 Å². The van der Waals surface area contributed by atoms with Gasteiger partial charge in [0.05, 0.1) is 26.5 Å². The van der Waals surface area contributed by atoms with Crippen LogP contribution in [0.3, 0.4) is 0 Å². The molecule has 0 atom stereocenters. The Bertz CT molecular complexity index is 491. The van der Waals surface area contributed by atoms with E-state index >= 15 is 0 Å². The van der Waals surface area contributed by atoms with Gasteiger partial charge in [-0.25, -0.2) is 0 Å². The van der Waals surface area contributed by atoms with Gasteiger partial charge in [0.1, 0.15) is 11.5 Å². The minimum absolute atomic E-state index is 0.0326. The van der Waals surface area contributed by atoms with E-state index in [-0.39, 0.29) is 5.91 Å². The summed E-state index contributed by atoms with van der Waals surface area (Å²) >= 11 is 0. The molecule has 0 aromatic heterocycles. The van der Waals surface area contributed by atoms with Crippen LogP contribution in [0.25, 0.3) is 0 Å². The first-order chi connectivity index (χ1) is 10.8. The van der Waals surface area contributed by atoms with Crippen molar-refractivity contribution in [3.8, 4) is 11.5 Å². The quantitative estimate of drug-likeness (QED) is 0.758. The molecule has 0 saturated carbocycles. The number of benzene rings is 1. The number of ether oxygens (including phenoxy) is 2. The van der Waals surface area contributed by atoms with Crippen molar-refractivity contribution in [1.29, 1.82) is 0 Å². The van der Waals surface area contributed by atoms with Gasteiger partial charge < -0.3 is 14.8 Å². The lowest BCUT2D eigenvalue weighted by molar-refractivity contribution is -0.117. The molecule has 5 nitrogen and oxygen atoms in total. The van der Waals surface area contributed by atoms with Gasteiger partial charge in [-0.3, -0.25) is 9.69 Å². The van der Waals surface area contributed by atoms with Crippen molar-refractivity contribution in [2.45, 2.75) is 27.7 Å². The van der Waals surface area contributed by atoms with E-state index < -0.39 is 0 Å². The maximum absolute atomic E-state index is 12.4. The summed E-state index contributed by atoms with van der Waals surface area (Å²) in [4.78, 5) is 14.6. The largest absolute Gasteiger partial charge is 0.497 e. The highest BCUT2D eigenvalue weighted by atomic mass is 16.5. The van der Waals surface area contributed by atoms with Crippen LogP contribution in [0.5, 0.6) is 11.5 Å². The first-order valence-electron chi connectivity index (χ1n) is 8.10. The molecule has 0 aliphatic rings. The van der Waals surface area contributed by atoms with Crippen molar-refractivity contribution in [1.82, 2.24) is 4.90 Å². The van der Waals surface area contributed by atoms with Crippen LogP contribution >= 0.6 is 0 Å². The maximum atomic E-state index is 12.4. The maximum Gasteiger partial charge on any atom is 0.238 e. The predicted molar refractivity (Wildman–Crippen MR) is 94.3 cm³/mol.